The number of hydrogen-bond acceptors (Lipinski definition) is 4. The van der Waals surface area contributed by atoms with Gasteiger partial charge in [0.2, 0.25) is 0 Å². The fraction of sp³-hybridized carbons (Fsp3) is 0.462. The zero-order valence-corrected chi connectivity index (χ0v) is 12.6. The standard InChI is InChI=1S/C13H14ClFO5S/c14-8-5-10(13(16)17)12(15)11(6-8)21(18,19)7-9-3-1-2-4-20-9/h5-6,9H,1-4,7H2,(H,16,17). The molecule has 0 saturated carbocycles. The molecule has 1 aliphatic rings. The van der Waals surface area contributed by atoms with Crippen LogP contribution in [0.2, 0.25) is 5.02 Å². The maximum Gasteiger partial charge on any atom is 0.338 e. The Balaban J connectivity index is 2.37. The molecule has 0 bridgehead atoms. The van der Waals surface area contributed by atoms with E-state index in [9.17, 15) is 17.6 Å². The monoisotopic (exact) mass is 336 g/mol. The maximum atomic E-state index is 14.1. The van der Waals surface area contributed by atoms with Crippen molar-refractivity contribution in [3.8, 4) is 0 Å². The van der Waals surface area contributed by atoms with Crippen molar-refractivity contribution in [2.75, 3.05) is 12.4 Å². The average molecular weight is 337 g/mol. The van der Waals surface area contributed by atoms with Crippen LogP contribution in [0.3, 0.4) is 0 Å². The van der Waals surface area contributed by atoms with Crippen molar-refractivity contribution in [3.05, 3.63) is 28.5 Å². The van der Waals surface area contributed by atoms with Gasteiger partial charge in [-0.05, 0) is 31.4 Å². The molecule has 1 saturated heterocycles. The minimum Gasteiger partial charge on any atom is -0.478 e. The highest BCUT2D eigenvalue weighted by Gasteiger charge is 2.29. The molecule has 1 aliphatic heterocycles. The van der Waals surface area contributed by atoms with Crippen LogP contribution >= 0.6 is 11.6 Å². The summed E-state index contributed by atoms with van der Waals surface area (Å²) in [5.41, 5.74) is -0.759. The van der Waals surface area contributed by atoms with Crippen LogP contribution in [0.5, 0.6) is 0 Å². The van der Waals surface area contributed by atoms with Crippen LogP contribution in [0.1, 0.15) is 29.6 Å². The Bertz CT molecular complexity index is 653. The lowest BCUT2D eigenvalue weighted by molar-refractivity contribution is 0.0305. The predicted octanol–water partition coefficient (Wildman–Crippen LogP) is 2.52. The molecule has 1 N–H and O–H groups in total. The van der Waals surface area contributed by atoms with Crippen molar-refractivity contribution in [3.63, 3.8) is 0 Å². The number of carboxylic acid groups (broad SMARTS) is 1. The van der Waals surface area contributed by atoms with Crippen molar-refractivity contribution in [1.82, 2.24) is 0 Å². The zero-order chi connectivity index (χ0) is 15.6. The molecule has 1 aromatic rings. The van der Waals surface area contributed by atoms with Gasteiger partial charge in [-0.25, -0.2) is 17.6 Å². The van der Waals surface area contributed by atoms with Gasteiger partial charge in [0.05, 0.1) is 17.4 Å². The molecule has 5 nitrogen and oxygen atoms in total. The second-order valence-electron chi connectivity index (χ2n) is 4.84. The highest BCUT2D eigenvalue weighted by molar-refractivity contribution is 7.91. The number of sulfone groups is 1. The fourth-order valence-corrected chi connectivity index (χ4v) is 4.12. The first-order chi connectivity index (χ1) is 9.81. The van der Waals surface area contributed by atoms with E-state index in [1.807, 2.05) is 0 Å². The summed E-state index contributed by atoms with van der Waals surface area (Å²) in [5, 5.41) is 8.74. The lowest BCUT2D eigenvalue weighted by Gasteiger charge is -2.22. The van der Waals surface area contributed by atoms with Gasteiger partial charge in [0.1, 0.15) is 4.90 Å². The van der Waals surface area contributed by atoms with Gasteiger partial charge in [0, 0.05) is 11.6 Å². The molecule has 1 aromatic carbocycles. The second-order valence-corrected chi connectivity index (χ2v) is 7.28. The predicted molar refractivity (Wildman–Crippen MR) is 74.0 cm³/mol. The van der Waals surface area contributed by atoms with Gasteiger partial charge in [-0.3, -0.25) is 0 Å². The summed E-state index contributed by atoms with van der Waals surface area (Å²) in [6.07, 6.45) is 1.78. The number of aromatic carboxylic acids is 1. The molecule has 1 atom stereocenters. The number of rotatable bonds is 4. The van der Waals surface area contributed by atoms with E-state index in [2.05, 4.69) is 0 Å². The highest BCUT2D eigenvalue weighted by Crippen LogP contribution is 2.26. The average Bonchev–Trinajstić information content (AvgIpc) is 2.41. The van der Waals surface area contributed by atoms with Gasteiger partial charge in [0.15, 0.2) is 15.7 Å². The number of carboxylic acids is 1. The molecule has 1 heterocycles. The summed E-state index contributed by atoms with van der Waals surface area (Å²) in [6.45, 7) is 0.471. The fourth-order valence-electron chi connectivity index (χ4n) is 2.22. The van der Waals surface area contributed by atoms with Gasteiger partial charge in [-0.2, -0.15) is 0 Å². The second kappa shape index (κ2) is 6.29. The van der Waals surface area contributed by atoms with Gasteiger partial charge in [-0.15, -0.1) is 0 Å². The number of benzene rings is 1. The molecule has 0 amide bonds. The Morgan fingerprint density at radius 1 is 1.43 bits per heavy atom. The third-order valence-corrected chi connectivity index (χ3v) is 5.24. The van der Waals surface area contributed by atoms with Gasteiger partial charge >= 0.3 is 5.97 Å². The number of hydrogen-bond donors (Lipinski definition) is 1. The molecule has 0 spiro atoms. The van der Waals surface area contributed by atoms with Gasteiger partial charge in [-0.1, -0.05) is 11.6 Å². The molecule has 0 radical (unpaired) electrons. The van der Waals surface area contributed by atoms with E-state index in [-0.39, 0.29) is 10.8 Å². The minimum absolute atomic E-state index is 0.142. The number of carbonyl (C=O) groups is 1. The van der Waals surface area contributed by atoms with E-state index in [0.717, 1.165) is 25.0 Å². The van der Waals surface area contributed by atoms with Crippen molar-refractivity contribution in [2.45, 2.75) is 30.3 Å². The van der Waals surface area contributed by atoms with Crippen LogP contribution in [0.25, 0.3) is 0 Å². The largest absolute Gasteiger partial charge is 0.478 e. The van der Waals surface area contributed by atoms with E-state index >= 15 is 0 Å². The topological polar surface area (TPSA) is 80.7 Å². The maximum absolute atomic E-state index is 14.1. The van der Waals surface area contributed by atoms with Crippen LogP contribution in [0.4, 0.5) is 4.39 Å². The number of ether oxygens (including phenoxy) is 1. The summed E-state index contributed by atoms with van der Waals surface area (Å²) in [6, 6.07) is 1.82. The lowest BCUT2D eigenvalue weighted by atomic mass is 10.1. The lowest BCUT2D eigenvalue weighted by Crippen LogP contribution is -2.28. The molecular formula is C13H14ClFO5S. The molecule has 0 aromatic heterocycles. The normalized spacial score (nSPS) is 19.4. The van der Waals surface area contributed by atoms with E-state index in [1.165, 1.54) is 0 Å². The SMILES string of the molecule is O=C(O)c1cc(Cl)cc(S(=O)(=O)CC2CCCCO2)c1F. The molecule has 0 aliphatic carbocycles. The van der Waals surface area contributed by atoms with Crippen molar-refractivity contribution in [2.24, 2.45) is 0 Å². The third-order valence-electron chi connectivity index (χ3n) is 3.25. The van der Waals surface area contributed by atoms with E-state index in [1.54, 1.807) is 0 Å². The Kier molecular flexibility index (Phi) is 4.85. The first-order valence-corrected chi connectivity index (χ1v) is 8.41. The van der Waals surface area contributed by atoms with Crippen LogP contribution in [0.15, 0.2) is 17.0 Å². The summed E-state index contributed by atoms with van der Waals surface area (Å²) < 4.78 is 44.0. The van der Waals surface area contributed by atoms with Crippen LogP contribution in [0, 0.1) is 5.82 Å². The van der Waals surface area contributed by atoms with Crippen molar-refractivity contribution >= 4 is 27.4 Å². The Morgan fingerprint density at radius 3 is 2.71 bits per heavy atom. The molecule has 2 rings (SSSR count). The first-order valence-electron chi connectivity index (χ1n) is 6.38. The number of halogens is 2. The quantitative estimate of drug-likeness (QED) is 0.913. The molecule has 1 fully saturated rings. The van der Waals surface area contributed by atoms with Crippen molar-refractivity contribution < 1.29 is 27.4 Å². The smallest absolute Gasteiger partial charge is 0.338 e. The molecule has 116 valence electrons. The molecular weight excluding hydrogens is 323 g/mol. The molecule has 1 unspecified atom stereocenters. The third kappa shape index (κ3) is 3.72. The summed E-state index contributed by atoms with van der Waals surface area (Å²) in [4.78, 5) is 10.2. The molecule has 21 heavy (non-hydrogen) atoms. The molecule has 8 heteroatoms. The van der Waals surface area contributed by atoms with Crippen molar-refractivity contribution in [1.29, 1.82) is 0 Å². The van der Waals surface area contributed by atoms with Crippen LogP contribution < -0.4 is 0 Å². The van der Waals surface area contributed by atoms with Gasteiger partial charge < -0.3 is 9.84 Å². The Labute approximate surface area is 126 Å². The summed E-state index contributed by atoms with van der Waals surface area (Å²) >= 11 is 5.69. The summed E-state index contributed by atoms with van der Waals surface area (Å²) in [7, 11) is -4.02. The highest BCUT2D eigenvalue weighted by atomic mass is 35.5. The van der Waals surface area contributed by atoms with Crippen LogP contribution in [-0.2, 0) is 14.6 Å². The van der Waals surface area contributed by atoms with E-state index in [4.69, 9.17) is 21.4 Å². The Morgan fingerprint density at radius 2 is 2.14 bits per heavy atom. The zero-order valence-electron chi connectivity index (χ0n) is 11.0. The van der Waals surface area contributed by atoms with E-state index in [0.29, 0.717) is 13.0 Å². The van der Waals surface area contributed by atoms with Gasteiger partial charge in [0.25, 0.3) is 0 Å². The van der Waals surface area contributed by atoms with E-state index < -0.39 is 38.2 Å². The summed E-state index contributed by atoms with van der Waals surface area (Å²) in [5.74, 6) is -3.24. The minimum atomic E-state index is -4.02. The first kappa shape index (κ1) is 16.2. The van der Waals surface area contributed by atoms with Crippen LogP contribution in [-0.4, -0.2) is 38.0 Å². The Hall–Kier alpha value is -1.18.